The molecule has 0 aromatic carbocycles. The van der Waals surface area contributed by atoms with E-state index in [1.807, 2.05) is 0 Å². The summed E-state index contributed by atoms with van der Waals surface area (Å²) < 4.78 is 5.70. The van der Waals surface area contributed by atoms with Gasteiger partial charge in [-0.25, -0.2) is 0 Å². The van der Waals surface area contributed by atoms with E-state index in [1.54, 1.807) is 0 Å². The Bertz CT molecular complexity index is 210. The highest BCUT2D eigenvalue weighted by molar-refractivity contribution is 6.56. The first-order valence-corrected chi connectivity index (χ1v) is 14.0. The van der Waals surface area contributed by atoms with Crippen molar-refractivity contribution in [3.8, 4) is 0 Å². The van der Waals surface area contributed by atoms with Crippen molar-refractivity contribution >= 4 is 18.8 Å². The first-order valence-electron chi connectivity index (χ1n) is 10.5. The lowest BCUT2D eigenvalue weighted by molar-refractivity contribution is 0.530. The first kappa shape index (κ1) is 23.4. The summed E-state index contributed by atoms with van der Waals surface area (Å²) in [4.78, 5) is 0. The zero-order valence-electron chi connectivity index (χ0n) is 16.4. The summed E-state index contributed by atoms with van der Waals surface area (Å²) in [5.74, 6) is 0. The first-order chi connectivity index (χ1) is 11.3. The van der Waals surface area contributed by atoms with Crippen LogP contribution in [0.5, 0.6) is 0 Å². The summed E-state index contributed by atoms with van der Waals surface area (Å²) in [5.41, 5.74) is 0. The molecule has 0 unspecified atom stereocenters. The minimum atomic E-state index is -0.443. The SMILES string of the molecule is CCCCCCCCCCCCCCCCCC[Si]O[Si](C)C. The van der Waals surface area contributed by atoms with Crippen LogP contribution < -0.4 is 0 Å². The van der Waals surface area contributed by atoms with Gasteiger partial charge in [0.2, 0.25) is 9.76 Å². The van der Waals surface area contributed by atoms with Crippen molar-refractivity contribution in [2.75, 3.05) is 0 Å². The maximum Gasteiger partial charge on any atom is 0.214 e. The largest absolute Gasteiger partial charge is 0.456 e. The fraction of sp³-hybridized carbons (Fsp3) is 1.00. The standard InChI is InChI=1S/C20H43OSi2/c1-4-5-6-7-8-9-10-11-12-13-14-15-16-17-18-19-20-22-21-23(2)3/h4-20H2,1-3H3. The Hall–Kier alpha value is 0.394. The molecule has 0 saturated heterocycles. The maximum atomic E-state index is 5.70. The maximum absolute atomic E-state index is 5.70. The molecule has 0 N–H and O–H groups in total. The summed E-state index contributed by atoms with van der Waals surface area (Å²) in [6.45, 7) is 6.75. The van der Waals surface area contributed by atoms with E-state index in [1.165, 1.54) is 109 Å². The molecule has 137 valence electrons. The van der Waals surface area contributed by atoms with Crippen LogP contribution in [0.3, 0.4) is 0 Å². The molecule has 0 bridgehead atoms. The summed E-state index contributed by atoms with van der Waals surface area (Å²) >= 11 is 0. The van der Waals surface area contributed by atoms with E-state index in [4.69, 9.17) is 4.12 Å². The number of unbranched alkanes of at least 4 members (excludes halogenated alkanes) is 15. The van der Waals surface area contributed by atoms with E-state index in [2.05, 4.69) is 20.0 Å². The molecule has 3 radical (unpaired) electrons. The molecule has 0 amide bonds. The Morgan fingerprint density at radius 1 is 0.565 bits per heavy atom. The van der Waals surface area contributed by atoms with Crippen molar-refractivity contribution in [1.29, 1.82) is 0 Å². The van der Waals surface area contributed by atoms with E-state index < -0.39 is 9.04 Å². The molecule has 0 aliphatic rings. The van der Waals surface area contributed by atoms with Gasteiger partial charge in [-0.3, -0.25) is 0 Å². The molecule has 0 atom stereocenters. The second kappa shape index (κ2) is 20.4. The van der Waals surface area contributed by atoms with Gasteiger partial charge in [0.05, 0.1) is 0 Å². The smallest absolute Gasteiger partial charge is 0.214 e. The van der Waals surface area contributed by atoms with Crippen LogP contribution in [0.1, 0.15) is 110 Å². The van der Waals surface area contributed by atoms with Gasteiger partial charge in [-0.15, -0.1) is 0 Å². The third kappa shape index (κ3) is 22.4. The Kier molecular flexibility index (Phi) is 20.8. The molecular weight excluding hydrogens is 312 g/mol. The third-order valence-electron chi connectivity index (χ3n) is 4.41. The van der Waals surface area contributed by atoms with Crippen LogP contribution in [0.2, 0.25) is 19.1 Å². The van der Waals surface area contributed by atoms with E-state index >= 15 is 0 Å². The Balaban J connectivity index is 2.95. The monoisotopic (exact) mass is 355 g/mol. The zero-order chi connectivity index (χ0) is 17.0. The summed E-state index contributed by atoms with van der Waals surface area (Å²) in [7, 11) is 0.325. The minimum absolute atomic E-state index is 0.443. The topological polar surface area (TPSA) is 9.23 Å². The van der Waals surface area contributed by atoms with Gasteiger partial charge >= 0.3 is 0 Å². The van der Waals surface area contributed by atoms with Gasteiger partial charge in [-0.2, -0.15) is 0 Å². The van der Waals surface area contributed by atoms with Gasteiger partial charge < -0.3 is 4.12 Å². The fourth-order valence-corrected chi connectivity index (χ4v) is 4.90. The Morgan fingerprint density at radius 3 is 1.26 bits per heavy atom. The van der Waals surface area contributed by atoms with Crippen molar-refractivity contribution in [2.45, 2.75) is 129 Å². The van der Waals surface area contributed by atoms with Crippen LogP contribution in [-0.4, -0.2) is 18.8 Å². The normalized spacial score (nSPS) is 11.5. The lowest BCUT2D eigenvalue weighted by Crippen LogP contribution is -2.10. The summed E-state index contributed by atoms with van der Waals surface area (Å²) in [6.07, 6.45) is 23.2. The predicted octanol–water partition coefficient (Wildman–Crippen LogP) is 7.55. The van der Waals surface area contributed by atoms with Crippen molar-refractivity contribution in [1.82, 2.24) is 0 Å². The van der Waals surface area contributed by atoms with Crippen molar-refractivity contribution < 1.29 is 4.12 Å². The van der Waals surface area contributed by atoms with Gasteiger partial charge in [-0.1, -0.05) is 110 Å². The van der Waals surface area contributed by atoms with Crippen LogP contribution in [0.15, 0.2) is 0 Å². The molecule has 0 fully saturated rings. The second-order valence-electron chi connectivity index (χ2n) is 7.21. The molecule has 0 aromatic rings. The van der Waals surface area contributed by atoms with Gasteiger partial charge in [0.1, 0.15) is 0 Å². The molecule has 0 aliphatic carbocycles. The van der Waals surface area contributed by atoms with Gasteiger partial charge in [0.25, 0.3) is 0 Å². The Morgan fingerprint density at radius 2 is 0.913 bits per heavy atom. The number of hydrogen-bond donors (Lipinski definition) is 0. The molecule has 0 heterocycles. The van der Waals surface area contributed by atoms with Crippen LogP contribution >= 0.6 is 0 Å². The van der Waals surface area contributed by atoms with E-state index in [0.29, 0.717) is 0 Å². The molecule has 1 nitrogen and oxygen atoms in total. The lowest BCUT2D eigenvalue weighted by Gasteiger charge is -2.05. The van der Waals surface area contributed by atoms with Crippen LogP contribution in [0, 0.1) is 0 Å². The minimum Gasteiger partial charge on any atom is -0.456 e. The molecular formula is C20H43OSi2. The van der Waals surface area contributed by atoms with Gasteiger partial charge in [-0.05, 0) is 19.1 Å². The number of rotatable bonds is 19. The van der Waals surface area contributed by atoms with Crippen molar-refractivity contribution in [2.24, 2.45) is 0 Å². The van der Waals surface area contributed by atoms with Crippen LogP contribution in [0.25, 0.3) is 0 Å². The highest BCUT2D eigenvalue weighted by Crippen LogP contribution is 2.14. The highest BCUT2D eigenvalue weighted by Gasteiger charge is 1.98. The average molecular weight is 356 g/mol. The highest BCUT2D eigenvalue weighted by atomic mass is 28.3. The summed E-state index contributed by atoms with van der Waals surface area (Å²) in [6, 6.07) is 1.30. The predicted molar refractivity (Wildman–Crippen MR) is 109 cm³/mol. The quantitative estimate of drug-likeness (QED) is 0.172. The molecule has 0 saturated carbocycles. The summed E-state index contributed by atoms with van der Waals surface area (Å²) in [5, 5.41) is 0. The van der Waals surface area contributed by atoms with Crippen molar-refractivity contribution in [3.05, 3.63) is 0 Å². The molecule has 0 aromatic heterocycles. The molecule has 3 heteroatoms. The van der Waals surface area contributed by atoms with Gasteiger partial charge in [0, 0.05) is 0 Å². The third-order valence-corrected chi connectivity index (χ3v) is 7.18. The van der Waals surface area contributed by atoms with E-state index in [-0.39, 0.29) is 0 Å². The van der Waals surface area contributed by atoms with E-state index in [9.17, 15) is 0 Å². The molecule has 0 aliphatic heterocycles. The molecule has 0 rings (SSSR count). The average Bonchev–Trinajstić information content (AvgIpc) is 2.53. The van der Waals surface area contributed by atoms with Crippen molar-refractivity contribution in [3.63, 3.8) is 0 Å². The lowest BCUT2D eigenvalue weighted by atomic mass is 10.0. The van der Waals surface area contributed by atoms with Crippen LogP contribution in [0.4, 0.5) is 0 Å². The van der Waals surface area contributed by atoms with E-state index in [0.717, 1.165) is 9.76 Å². The zero-order valence-corrected chi connectivity index (χ0v) is 18.4. The van der Waals surface area contributed by atoms with Crippen LogP contribution in [-0.2, 0) is 4.12 Å². The second-order valence-corrected chi connectivity index (χ2v) is 10.6. The molecule has 0 spiro atoms. The Labute approximate surface area is 152 Å². The number of hydrogen-bond acceptors (Lipinski definition) is 1. The van der Waals surface area contributed by atoms with Gasteiger partial charge in [0.15, 0.2) is 9.04 Å². The molecule has 23 heavy (non-hydrogen) atoms. The fourth-order valence-electron chi connectivity index (χ4n) is 2.94.